The Hall–Kier alpha value is -4.01. The lowest BCUT2D eigenvalue weighted by molar-refractivity contribution is -0.274. The number of halogens is 3. The molecule has 1 heterocycles. The van der Waals surface area contributed by atoms with Gasteiger partial charge in [0.2, 0.25) is 5.95 Å². The summed E-state index contributed by atoms with van der Waals surface area (Å²) < 4.78 is 44.0. The van der Waals surface area contributed by atoms with Crippen LogP contribution in [0.4, 0.5) is 24.8 Å². The molecule has 204 valence electrons. The van der Waals surface area contributed by atoms with Crippen molar-refractivity contribution in [2.75, 3.05) is 5.32 Å². The lowest BCUT2D eigenvalue weighted by Crippen LogP contribution is -2.29. The van der Waals surface area contributed by atoms with Crippen molar-refractivity contribution >= 4 is 28.6 Å². The maximum atomic E-state index is 12.6. The smallest absolute Gasteiger partial charge is 0.478 e. The summed E-state index contributed by atoms with van der Waals surface area (Å²) in [5.74, 6) is -0.130. The number of imidazole rings is 1. The van der Waals surface area contributed by atoms with E-state index >= 15 is 0 Å². The fraction of sp³-hybridized carbons (Fsp3) is 0.333. The Balaban J connectivity index is 1.54. The minimum atomic E-state index is -4.75. The van der Waals surface area contributed by atoms with Gasteiger partial charge in [0.25, 0.3) is 0 Å². The molecule has 0 bridgehead atoms. The van der Waals surface area contributed by atoms with E-state index in [0.29, 0.717) is 17.6 Å². The van der Waals surface area contributed by atoms with E-state index in [2.05, 4.69) is 35.4 Å². The summed E-state index contributed by atoms with van der Waals surface area (Å²) in [6.45, 7) is 6.82. The van der Waals surface area contributed by atoms with E-state index in [0.717, 1.165) is 41.4 Å². The molecular formula is C30H30F3N3O3. The Kier molecular flexibility index (Phi) is 6.78. The molecular weight excluding hydrogens is 507 g/mol. The van der Waals surface area contributed by atoms with Crippen molar-refractivity contribution in [1.82, 2.24) is 9.55 Å². The number of ether oxygens (including phenoxy) is 1. The Morgan fingerprint density at radius 1 is 1.03 bits per heavy atom. The first-order valence-electron chi connectivity index (χ1n) is 12.9. The van der Waals surface area contributed by atoms with Gasteiger partial charge < -0.3 is 19.7 Å². The summed E-state index contributed by atoms with van der Waals surface area (Å²) in [6, 6.07) is 18.5. The number of aromatic carboxylic acids is 1. The van der Waals surface area contributed by atoms with E-state index in [4.69, 9.17) is 4.98 Å². The topological polar surface area (TPSA) is 76.4 Å². The number of aromatic nitrogens is 2. The first kappa shape index (κ1) is 26.6. The Labute approximate surface area is 224 Å². The summed E-state index contributed by atoms with van der Waals surface area (Å²) in [6.07, 6.45) is -1.66. The van der Waals surface area contributed by atoms with E-state index in [1.807, 2.05) is 18.2 Å². The van der Waals surface area contributed by atoms with Gasteiger partial charge >= 0.3 is 12.3 Å². The maximum absolute atomic E-state index is 12.6. The highest BCUT2D eigenvalue weighted by Crippen LogP contribution is 2.46. The fourth-order valence-corrected chi connectivity index (χ4v) is 5.90. The van der Waals surface area contributed by atoms with E-state index in [-0.39, 0.29) is 22.8 Å². The molecule has 2 N–H and O–H groups in total. The number of nitrogens with zero attached hydrogens (tertiary/aromatic N) is 2. The number of anilines is 2. The van der Waals surface area contributed by atoms with Gasteiger partial charge in [-0.3, -0.25) is 0 Å². The third-order valence-corrected chi connectivity index (χ3v) is 7.23. The normalized spacial score (nSPS) is 19.1. The van der Waals surface area contributed by atoms with Crippen molar-refractivity contribution in [3.8, 4) is 16.9 Å². The molecule has 0 saturated heterocycles. The van der Waals surface area contributed by atoms with Crippen LogP contribution in [0, 0.1) is 11.3 Å². The summed E-state index contributed by atoms with van der Waals surface area (Å²) in [7, 11) is 0. The zero-order chi connectivity index (χ0) is 27.9. The van der Waals surface area contributed by atoms with Crippen LogP contribution < -0.4 is 10.1 Å². The van der Waals surface area contributed by atoms with Crippen LogP contribution in [0.25, 0.3) is 22.2 Å². The number of alkyl halides is 3. The molecule has 0 amide bonds. The van der Waals surface area contributed by atoms with Crippen LogP contribution in [0.3, 0.4) is 0 Å². The minimum Gasteiger partial charge on any atom is -0.478 e. The molecule has 39 heavy (non-hydrogen) atoms. The Morgan fingerprint density at radius 2 is 1.69 bits per heavy atom. The monoisotopic (exact) mass is 537 g/mol. The number of hydrogen-bond acceptors (Lipinski definition) is 4. The lowest BCUT2D eigenvalue weighted by atomic mass is 9.70. The summed E-state index contributed by atoms with van der Waals surface area (Å²) >= 11 is 0. The average Bonchev–Trinajstić information content (AvgIpc) is 3.20. The van der Waals surface area contributed by atoms with Gasteiger partial charge in [-0.15, -0.1) is 13.2 Å². The van der Waals surface area contributed by atoms with Crippen molar-refractivity contribution in [2.45, 2.75) is 52.4 Å². The van der Waals surface area contributed by atoms with Gasteiger partial charge in [0.05, 0.1) is 16.6 Å². The van der Waals surface area contributed by atoms with E-state index < -0.39 is 12.3 Å². The average molecular weight is 538 g/mol. The molecule has 4 aromatic rings. The first-order valence-corrected chi connectivity index (χ1v) is 12.9. The number of rotatable bonds is 6. The van der Waals surface area contributed by atoms with Gasteiger partial charge in [-0.25, -0.2) is 9.78 Å². The zero-order valence-corrected chi connectivity index (χ0v) is 21.9. The molecule has 9 heteroatoms. The van der Waals surface area contributed by atoms with E-state index in [1.54, 1.807) is 24.3 Å². The third kappa shape index (κ3) is 6.02. The quantitative estimate of drug-likeness (QED) is 0.258. The molecule has 1 aliphatic carbocycles. The highest BCUT2D eigenvalue weighted by Gasteiger charge is 2.35. The SMILES string of the molecule is CC1CC(n2c(Nc3ccc(OC(F)(F)F)cc3)nc3cc(-c4ccc(C(=O)O)cc4)ccc32)CC(C)(C)C1. The molecule has 0 spiro atoms. The molecule has 2 atom stereocenters. The minimum absolute atomic E-state index is 0.151. The number of carboxylic acid groups (broad SMARTS) is 1. The molecule has 5 rings (SSSR count). The second-order valence-electron chi connectivity index (χ2n) is 11.2. The van der Waals surface area contributed by atoms with Gasteiger partial charge in [0.15, 0.2) is 0 Å². The number of carboxylic acids is 1. The van der Waals surface area contributed by atoms with Gasteiger partial charge in [-0.2, -0.15) is 0 Å². The Morgan fingerprint density at radius 3 is 2.31 bits per heavy atom. The van der Waals surface area contributed by atoms with Crippen LogP contribution in [-0.2, 0) is 0 Å². The third-order valence-electron chi connectivity index (χ3n) is 7.23. The molecule has 1 saturated carbocycles. The summed E-state index contributed by atoms with van der Waals surface area (Å²) in [4.78, 5) is 16.2. The van der Waals surface area contributed by atoms with Crippen molar-refractivity contribution in [2.24, 2.45) is 11.3 Å². The first-order chi connectivity index (χ1) is 18.4. The molecule has 0 radical (unpaired) electrons. The maximum Gasteiger partial charge on any atom is 0.573 e. The van der Waals surface area contributed by atoms with Gasteiger partial charge in [-0.05, 0) is 90.3 Å². The highest BCUT2D eigenvalue weighted by molar-refractivity contribution is 5.89. The van der Waals surface area contributed by atoms with Crippen molar-refractivity contribution < 1.29 is 27.8 Å². The lowest BCUT2D eigenvalue weighted by Gasteiger charge is -2.40. The number of hydrogen-bond donors (Lipinski definition) is 2. The van der Waals surface area contributed by atoms with Crippen LogP contribution in [0.15, 0.2) is 66.7 Å². The number of carbonyl (C=O) groups is 1. The molecule has 3 aromatic carbocycles. The van der Waals surface area contributed by atoms with Gasteiger partial charge in [0.1, 0.15) is 5.75 Å². The standard InChI is InChI=1S/C30H30F3N3O3/c1-18-14-23(17-29(2,3)16-18)36-26-13-8-21(19-4-6-20(7-5-19)27(37)38)15-25(26)35-28(36)34-22-9-11-24(12-10-22)39-30(31,32)33/h4-13,15,18,23H,14,16-17H2,1-3H3,(H,34,35)(H,37,38). The zero-order valence-electron chi connectivity index (χ0n) is 21.9. The molecule has 6 nitrogen and oxygen atoms in total. The number of nitrogens with one attached hydrogen (secondary N) is 1. The highest BCUT2D eigenvalue weighted by atomic mass is 19.4. The summed E-state index contributed by atoms with van der Waals surface area (Å²) in [5.41, 5.74) is 4.46. The largest absolute Gasteiger partial charge is 0.573 e. The second kappa shape index (κ2) is 9.94. The predicted molar refractivity (Wildman–Crippen MR) is 144 cm³/mol. The second-order valence-corrected chi connectivity index (χ2v) is 11.2. The van der Waals surface area contributed by atoms with Gasteiger partial charge in [0, 0.05) is 11.7 Å². The van der Waals surface area contributed by atoms with Crippen LogP contribution in [0.1, 0.15) is 56.4 Å². The Bertz CT molecular complexity index is 1490. The molecule has 1 fully saturated rings. The van der Waals surface area contributed by atoms with Gasteiger partial charge in [-0.1, -0.05) is 39.0 Å². The van der Waals surface area contributed by atoms with E-state index in [1.165, 1.54) is 24.3 Å². The fourth-order valence-electron chi connectivity index (χ4n) is 5.90. The molecule has 2 unspecified atom stereocenters. The van der Waals surface area contributed by atoms with Crippen molar-refractivity contribution in [3.63, 3.8) is 0 Å². The van der Waals surface area contributed by atoms with Crippen molar-refractivity contribution in [1.29, 1.82) is 0 Å². The molecule has 1 aliphatic rings. The molecule has 1 aromatic heterocycles. The molecule has 0 aliphatic heterocycles. The van der Waals surface area contributed by atoms with Crippen LogP contribution in [0.5, 0.6) is 5.75 Å². The number of fused-ring (bicyclic) bond motifs is 1. The number of benzene rings is 3. The van der Waals surface area contributed by atoms with Crippen LogP contribution in [-0.4, -0.2) is 27.0 Å². The summed E-state index contributed by atoms with van der Waals surface area (Å²) in [5, 5.41) is 12.5. The van der Waals surface area contributed by atoms with Crippen molar-refractivity contribution in [3.05, 3.63) is 72.3 Å². The van der Waals surface area contributed by atoms with Crippen LogP contribution in [0.2, 0.25) is 0 Å². The van der Waals surface area contributed by atoms with Crippen LogP contribution >= 0.6 is 0 Å². The van der Waals surface area contributed by atoms with E-state index in [9.17, 15) is 23.1 Å². The predicted octanol–water partition coefficient (Wildman–Crippen LogP) is 8.43.